The SMILES string of the molecule is C[C@H]1CCCCN1S(=O)(=O)NCCc1cccc(Cl)c1. The number of hydrogen-bond acceptors (Lipinski definition) is 2. The first kappa shape index (κ1) is 15.8. The minimum atomic E-state index is -3.36. The van der Waals surface area contributed by atoms with Crippen molar-refractivity contribution in [2.45, 2.75) is 38.6 Å². The Kier molecular flexibility index (Phi) is 5.43. The van der Waals surface area contributed by atoms with Gasteiger partial charge in [-0.15, -0.1) is 0 Å². The van der Waals surface area contributed by atoms with E-state index < -0.39 is 10.2 Å². The fourth-order valence-corrected chi connectivity index (χ4v) is 4.22. The van der Waals surface area contributed by atoms with E-state index in [-0.39, 0.29) is 6.04 Å². The molecule has 1 fully saturated rings. The monoisotopic (exact) mass is 316 g/mol. The third-order valence-electron chi connectivity index (χ3n) is 3.64. The molecular weight excluding hydrogens is 296 g/mol. The summed E-state index contributed by atoms with van der Waals surface area (Å²) in [4.78, 5) is 0. The van der Waals surface area contributed by atoms with Crippen LogP contribution in [0.15, 0.2) is 24.3 Å². The van der Waals surface area contributed by atoms with Gasteiger partial charge in [0, 0.05) is 24.2 Å². The molecule has 0 radical (unpaired) electrons. The minimum Gasteiger partial charge on any atom is -0.202 e. The van der Waals surface area contributed by atoms with Gasteiger partial charge < -0.3 is 0 Å². The molecule has 0 saturated carbocycles. The summed E-state index contributed by atoms with van der Waals surface area (Å²) in [5.74, 6) is 0. The summed E-state index contributed by atoms with van der Waals surface area (Å²) in [5, 5.41) is 0.676. The Labute approximate surface area is 126 Å². The second kappa shape index (κ2) is 6.89. The molecule has 1 saturated heterocycles. The molecule has 0 aliphatic carbocycles. The fraction of sp³-hybridized carbons (Fsp3) is 0.571. The van der Waals surface area contributed by atoms with E-state index in [9.17, 15) is 8.42 Å². The van der Waals surface area contributed by atoms with Crippen LogP contribution in [-0.4, -0.2) is 31.9 Å². The maximum absolute atomic E-state index is 12.2. The van der Waals surface area contributed by atoms with Crippen LogP contribution < -0.4 is 4.72 Å². The van der Waals surface area contributed by atoms with Crippen LogP contribution in [0.1, 0.15) is 31.7 Å². The van der Waals surface area contributed by atoms with Crippen molar-refractivity contribution < 1.29 is 8.42 Å². The first-order valence-corrected chi connectivity index (χ1v) is 8.82. The molecule has 0 unspecified atom stereocenters. The van der Waals surface area contributed by atoms with E-state index >= 15 is 0 Å². The Morgan fingerprint density at radius 3 is 2.90 bits per heavy atom. The lowest BCUT2D eigenvalue weighted by Gasteiger charge is -2.32. The van der Waals surface area contributed by atoms with Gasteiger partial charge in [0.15, 0.2) is 0 Å². The van der Waals surface area contributed by atoms with Crippen LogP contribution in [0.2, 0.25) is 5.02 Å². The zero-order valence-electron chi connectivity index (χ0n) is 11.7. The van der Waals surface area contributed by atoms with Crippen LogP contribution in [0, 0.1) is 0 Å². The largest absolute Gasteiger partial charge is 0.279 e. The van der Waals surface area contributed by atoms with Crippen molar-refractivity contribution in [3.63, 3.8) is 0 Å². The molecule has 0 spiro atoms. The highest BCUT2D eigenvalue weighted by atomic mass is 35.5. The summed E-state index contributed by atoms with van der Waals surface area (Å²) in [6, 6.07) is 7.58. The molecule has 1 aromatic carbocycles. The van der Waals surface area contributed by atoms with Gasteiger partial charge in [0.05, 0.1) is 0 Å². The van der Waals surface area contributed by atoms with Gasteiger partial charge in [-0.2, -0.15) is 12.7 Å². The molecule has 0 bridgehead atoms. The molecule has 0 amide bonds. The third kappa shape index (κ3) is 4.19. The molecule has 20 heavy (non-hydrogen) atoms. The predicted molar refractivity (Wildman–Crippen MR) is 82.1 cm³/mol. The number of rotatable bonds is 5. The summed E-state index contributed by atoms with van der Waals surface area (Å²) >= 11 is 5.91. The molecule has 2 rings (SSSR count). The fourth-order valence-electron chi connectivity index (χ4n) is 2.53. The van der Waals surface area contributed by atoms with E-state index in [4.69, 9.17) is 11.6 Å². The van der Waals surface area contributed by atoms with Gasteiger partial charge in [-0.1, -0.05) is 30.2 Å². The van der Waals surface area contributed by atoms with Crippen molar-refractivity contribution in [1.82, 2.24) is 9.03 Å². The number of nitrogens with zero attached hydrogens (tertiary/aromatic N) is 1. The minimum absolute atomic E-state index is 0.0902. The number of hydrogen-bond donors (Lipinski definition) is 1. The maximum atomic E-state index is 12.2. The van der Waals surface area contributed by atoms with Crippen LogP contribution in [0.3, 0.4) is 0 Å². The second-order valence-electron chi connectivity index (χ2n) is 5.23. The van der Waals surface area contributed by atoms with E-state index in [1.807, 2.05) is 31.2 Å². The topological polar surface area (TPSA) is 49.4 Å². The molecular formula is C14H21ClN2O2S. The van der Waals surface area contributed by atoms with Gasteiger partial charge in [0.2, 0.25) is 0 Å². The quantitative estimate of drug-likeness (QED) is 0.907. The maximum Gasteiger partial charge on any atom is 0.279 e. The molecule has 1 aliphatic heterocycles. The average Bonchev–Trinajstić information content (AvgIpc) is 2.39. The van der Waals surface area contributed by atoms with Crippen molar-refractivity contribution in [3.05, 3.63) is 34.9 Å². The van der Waals surface area contributed by atoms with Crippen LogP contribution >= 0.6 is 11.6 Å². The van der Waals surface area contributed by atoms with Crippen molar-refractivity contribution in [3.8, 4) is 0 Å². The first-order valence-electron chi connectivity index (χ1n) is 7.00. The highest BCUT2D eigenvalue weighted by Crippen LogP contribution is 2.19. The standard InChI is InChI=1S/C14H21ClN2O2S/c1-12-5-2-3-10-17(12)20(18,19)16-9-8-13-6-4-7-14(15)11-13/h4,6-7,11-12,16H,2-3,5,8-10H2,1H3/t12-/m0/s1. The van der Waals surface area contributed by atoms with E-state index in [2.05, 4.69) is 4.72 Å². The highest BCUT2D eigenvalue weighted by molar-refractivity contribution is 7.87. The predicted octanol–water partition coefficient (Wildman–Crippen LogP) is 2.59. The normalized spacial score (nSPS) is 21.0. The summed E-state index contributed by atoms with van der Waals surface area (Å²) in [7, 11) is -3.36. The lowest BCUT2D eigenvalue weighted by atomic mass is 10.1. The van der Waals surface area contributed by atoms with Crippen molar-refractivity contribution >= 4 is 21.8 Å². The lowest BCUT2D eigenvalue weighted by Crippen LogP contribution is -2.48. The number of nitrogens with one attached hydrogen (secondary N) is 1. The van der Waals surface area contributed by atoms with Crippen molar-refractivity contribution in [1.29, 1.82) is 0 Å². The van der Waals surface area contributed by atoms with Crippen LogP contribution in [0.5, 0.6) is 0 Å². The lowest BCUT2D eigenvalue weighted by molar-refractivity contribution is 0.265. The summed E-state index contributed by atoms with van der Waals surface area (Å²) < 4.78 is 28.7. The third-order valence-corrected chi connectivity index (χ3v) is 5.60. The Morgan fingerprint density at radius 2 is 2.20 bits per heavy atom. The molecule has 4 nitrogen and oxygen atoms in total. The molecule has 1 atom stereocenters. The van der Waals surface area contributed by atoms with Crippen LogP contribution in [0.4, 0.5) is 0 Å². The van der Waals surface area contributed by atoms with Crippen LogP contribution in [0.25, 0.3) is 0 Å². The van der Waals surface area contributed by atoms with E-state index in [1.54, 1.807) is 4.31 Å². The first-order chi connectivity index (χ1) is 9.49. The summed E-state index contributed by atoms with van der Waals surface area (Å²) in [6.45, 7) is 2.98. The van der Waals surface area contributed by atoms with Gasteiger partial charge in [0.1, 0.15) is 0 Å². The van der Waals surface area contributed by atoms with Gasteiger partial charge in [-0.05, 0) is 43.9 Å². The highest BCUT2D eigenvalue weighted by Gasteiger charge is 2.28. The van der Waals surface area contributed by atoms with Gasteiger partial charge in [-0.3, -0.25) is 0 Å². The Morgan fingerprint density at radius 1 is 1.40 bits per heavy atom. The summed E-state index contributed by atoms with van der Waals surface area (Å²) in [6.07, 6.45) is 3.63. The number of halogens is 1. The Bertz CT molecular complexity index is 548. The molecule has 1 heterocycles. The van der Waals surface area contributed by atoms with Gasteiger partial charge in [-0.25, -0.2) is 4.72 Å². The van der Waals surface area contributed by atoms with Crippen molar-refractivity contribution in [2.75, 3.05) is 13.1 Å². The molecule has 1 N–H and O–H groups in total. The van der Waals surface area contributed by atoms with E-state index in [0.717, 1.165) is 24.8 Å². The smallest absolute Gasteiger partial charge is 0.202 e. The Balaban J connectivity index is 1.89. The van der Waals surface area contributed by atoms with Crippen molar-refractivity contribution in [2.24, 2.45) is 0 Å². The molecule has 1 aromatic rings. The zero-order chi connectivity index (χ0) is 14.6. The molecule has 0 aromatic heterocycles. The molecule has 112 valence electrons. The van der Waals surface area contributed by atoms with Gasteiger partial charge >= 0.3 is 0 Å². The van der Waals surface area contributed by atoms with E-state index in [1.165, 1.54) is 0 Å². The summed E-state index contributed by atoms with van der Waals surface area (Å²) in [5.41, 5.74) is 1.03. The van der Waals surface area contributed by atoms with E-state index in [0.29, 0.717) is 24.5 Å². The number of piperidine rings is 1. The average molecular weight is 317 g/mol. The second-order valence-corrected chi connectivity index (χ2v) is 7.38. The van der Waals surface area contributed by atoms with Crippen LogP contribution in [-0.2, 0) is 16.6 Å². The van der Waals surface area contributed by atoms with Gasteiger partial charge in [0.25, 0.3) is 10.2 Å². The number of benzene rings is 1. The molecule has 1 aliphatic rings. The molecule has 6 heteroatoms. The Hall–Kier alpha value is -0.620. The zero-order valence-corrected chi connectivity index (χ0v) is 13.3.